The second-order valence-corrected chi connectivity index (χ2v) is 9.20. The van der Waals surface area contributed by atoms with Crippen LogP contribution in [0.3, 0.4) is 0 Å². The Bertz CT molecular complexity index is 1350. The molecule has 4 aromatic rings. The van der Waals surface area contributed by atoms with Crippen molar-refractivity contribution >= 4 is 17.5 Å². The molecule has 0 saturated heterocycles. The van der Waals surface area contributed by atoms with Gasteiger partial charge in [0.15, 0.2) is 12.2 Å². The number of hydrogen-bond donors (Lipinski definition) is 1. The van der Waals surface area contributed by atoms with Crippen LogP contribution < -0.4 is 5.32 Å². The predicted molar refractivity (Wildman–Crippen MR) is 134 cm³/mol. The fraction of sp³-hybridized carbons (Fsp3) is 0.259. The molecule has 0 fully saturated rings. The lowest BCUT2D eigenvalue weighted by molar-refractivity contribution is 0.0919. The van der Waals surface area contributed by atoms with E-state index in [0.29, 0.717) is 23.0 Å². The molecule has 178 valence electrons. The summed E-state index contributed by atoms with van der Waals surface area (Å²) in [7, 11) is 0. The van der Waals surface area contributed by atoms with Crippen LogP contribution in [0.2, 0.25) is 5.02 Å². The van der Waals surface area contributed by atoms with E-state index in [1.54, 1.807) is 24.5 Å². The smallest absolute Gasteiger partial charge is 0.252 e. The standard InChI is InChI=1S/C27H26ClN5O2/c1-17-12-29-26(30-13-17)20-7-8-23(28)22(11-20)27(34)31-14-24(25-18(2)32-16-35-25)33-10-9-19-5-3-4-6-21(19)15-33/h3-8,11-13,16,24H,9-10,14-15H2,1-2H3,(H,31,34). The predicted octanol–water partition coefficient (Wildman–Crippen LogP) is 4.93. The van der Waals surface area contributed by atoms with Gasteiger partial charge >= 0.3 is 0 Å². The quantitative estimate of drug-likeness (QED) is 0.415. The Labute approximate surface area is 209 Å². The number of fused-ring (bicyclic) bond motifs is 1. The largest absolute Gasteiger partial charge is 0.446 e. The third-order valence-electron chi connectivity index (χ3n) is 6.39. The summed E-state index contributed by atoms with van der Waals surface area (Å²) in [4.78, 5) is 28.6. The van der Waals surface area contributed by atoms with Crippen LogP contribution in [-0.4, -0.2) is 38.8 Å². The lowest BCUT2D eigenvalue weighted by atomic mass is 9.97. The molecule has 2 aromatic carbocycles. The highest BCUT2D eigenvalue weighted by Crippen LogP contribution is 2.29. The van der Waals surface area contributed by atoms with Gasteiger partial charge in [-0.2, -0.15) is 0 Å². The minimum absolute atomic E-state index is 0.155. The number of nitrogens with one attached hydrogen (secondary N) is 1. The number of benzene rings is 2. The summed E-state index contributed by atoms with van der Waals surface area (Å²) in [6.07, 6.45) is 5.90. The van der Waals surface area contributed by atoms with E-state index in [1.807, 2.05) is 19.9 Å². The zero-order valence-electron chi connectivity index (χ0n) is 19.7. The molecule has 1 unspecified atom stereocenters. The molecule has 0 radical (unpaired) electrons. The molecule has 1 atom stereocenters. The third kappa shape index (κ3) is 4.97. The average Bonchev–Trinajstić information content (AvgIpc) is 3.30. The van der Waals surface area contributed by atoms with E-state index < -0.39 is 0 Å². The van der Waals surface area contributed by atoms with Gasteiger partial charge in [0.2, 0.25) is 0 Å². The molecule has 1 N–H and O–H groups in total. The summed E-state index contributed by atoms with van der Waals surface area (Å²) in [5, 5.41) is 3.44. The van der Waals surface area contributed by atoms with Gasteiger partial charge in [-0.1, -0.05) is 35.9 Å². The molecular formula is C27H26ClN5O2. The van der Waals surface area contributed by atoms with E-state index in [4.69, 9.17) is 16.0 Å². The maximum atomic E-state index is 13.2. The van der Waals surface area contributed by atoms with E-state index in [2.05, 4.69) is 49.4 Å². The van der Waals surface area contributed by atoms with E-state index >= 15 is 0 Å². The van der Waals surface area contributed by atoms with Crippen LogP contribution in [-0.2, 0) is 13.0 Å². The maximum absolute atomic E-state index is 13.2. The Morgan fingerprint density at radius 1 is 1.11 bits per heavy atom. The van der Waals surface area contributed by atoms with Crippen molar-refractivity contribution in [3.63, 3.8) is 0 Å². The van der Waals surface area contributed by atoms with Crippen LogP contribution in [0.5, 0.6) is 0 Å². The molecule has 35 heavy (non-hydrogen) atoms. The Morgan fingerprint density at radius 3 is 2.63 bits per heavy atom. The number of hydrogen-bond acceptors (Lipinski definition) is 6. The molecule has 0 spiro atoms. The highest BCUT2D eigenvalue weighted by molar-refractivity contribution is 6.34. The summed E-state index contributed by atoms with van der Waals surface area (Å²) in [5.41, 5.74) is 5.55. The van der Waals surface area contributed by atoms with Crippen LogP contribution in [0.15, 0.2) is 65.7 Å². The van der Waals surface area contributed by atoms with Gasteiger partial charge in [-0.05, 0) is 55.2 Å². The van der Waals surface area contributed by atoms with Crippen molar-refractivity contribution in [3.8, 4) is 11.4 Å². The van der Waals surface area contributed by atoms with Crippen LogP contribution in [0.4, 0.5) is 0 Å². The number of carbonyl (C=O) groups is 1. The number of nitrogens with zero attached hydrogens (tertiary/aromatic N) is 4. The maximum Gasteiger partial charge on any atom is 0.252 e. The van der Waals surface area contributed by atoms with Crippen molar-refractivity contribution in [2.45, 2.75) is 32.9 Å². The first-order valence-electron chi connectivity index (χ1n) is 11.6. The third-order valence-corrected chi connectivity index (χ3v) is 6.72. The van der Waals surface area contributed by atoms with Gasteiger partial charge in [0.25, 0.3) is 5.91 Å². The van der Waals surface area contributed by atoms with Crippen LogP contribution >= 0.6 is 11.6 Å². The highest BCUT2D eigenvalue weighted by atomic mass is 35.5. The average molecular weight is 488 g/mol. The Balaban J connectivity index is 1.37. The van der Waals surface area contributed by atoms with Gasteiger partial charge in [-0.25, -0.2) is 15.0 Å². The Kier molecular flexibility index (Phi) is 6.61. The van der Waals surface area contributed by atoms with Crippen LogP contribution in [0.1, 0.15) is 44.5 Å². The van der Waals surface area contributed by atoms with Crippen LogP contribution in [0, 0.1) is 13.8 Å². The van der Waals surface area contributed by atoms with Gasteiger partial charge in [-0.15, -0.1) is 0 Å². The first-order chi connectivity index (χ1) is 17.0. The molecule has 8 heteroatoms. The SMILES string of the molecule is Cc1cnc(-c2ccc(Cl)c(C(=O)NCC(c3ocnc3C)N3CCc4ccccc4C3)c2)nc1. The molecule has 7 nitrogen and oxygen atoms in total. The minimum Gasteiger partial charge on any atom is -0.446 e. The summed E-state index contributed by atoms with van der Waals surface area (Å²) in [6.45, 7) is 5.85. The van der Waals surface area contributed by atoms with Crippen molar-refractivity contribution < 1.29 is 9.21 Å². The summed E-state index contributed by atoms with van der Waals surface area (Å²) < 4.78 is 5.77. The fourth-order valence-corrected chi connectivity index (χ4v) is 4.67. The summed E-state index contributed by atoms with van der Waals surface area (Å²) in [5.74, 6) is 1.05. The van der Waals surface area contributed by atoms with Gasteiger partial charge in [0, 0.05) is 37.6 Å². The number of amides is 1. The molecule has 0 saturated carbocycles. The molecule has 3 heterocycles. The molecule has 1 aliphatic rings. The normalized spacial score (nSPS) is 14.4. The van der Waals surface area contributed by atoms with Gasteiger partial charge in [-0.3, -0.25) is 9.69 Å². The number of carbonyl (C=O) groups excluding carboxylic acids is 1. The summed E-state index contributed by atoms with van der Waals surface area (Å²) in [6, 6.07) is 13.6. The number of aryl methyl sites for hydroxylation is 2. The van der Waals surface area contributed by atoms with Crippen molar-refractivity contribution in [1.82, 2.24) is 25.2 Å². The van der Waals surface area contributed by atoms with E-state index in [9.17, 15) is 4.79 Å². The fourth-order valence-electron chi connectivity index (χ4n) is 4.47. The Morgan fingerprint density at radius 2 is 1.89 bits per heavy atom. The van der Waals surface area contributed by atoms with Crippen molar-refractivity contribution in [3.05, 3.63) is 100.0 Å². The van der Waals surface area contributed by atoms with E-state index in [-0.39, 0.29) is 11.9 Å². The molecule has 0 aliphatic carbocycles. The Hall–Kier alpha value is -3.55. The molecular weight excluding hydrogens is 462 g/mol. The van der Waals surface area contributed by atoms with E-state index in [0.717, 1.165) is 42.1 Å². The summed E-state index contributed by atoms with van der Waals surface area (Å²) >= 11 is 6.41. The zero-order chi connectivity index (χ0) is 24.4. The number of halogens is 1. The molecule has 2 aromatic heterocycles. The van der Waals surface area contributed by atoms with Crippen molar-refractivity contribution in [2.75, 3.05) is 13.1 Å². The number of rotatable bonds is 6. The molecule has 5 rings (SSSR count). The number of aromatic nitrogens is 3. The van der Waals surface area contributed by atoms with Gasteiger partial charge in [0.1, 0.15) is 5.76 Å². The van der Waals surface area contributed by atoms with Crippen molar-refractivity contribution in [2.24, 2.45) is 0 Å². The van der Waals surface area contributed by atoms with Gasteiger partial charge in [0.05, 0.1) is 22.3 Å². The molecule has 1 aliphatic heterocycles. The van der Waals surface area contributed by atoms with Gasteiger partial charge < -0.3 is 9.73 Å². The van der Waals surface area contributed by atoms with Crippen LogP contribution in [0.25, 0.3) is 11.4 Å². The van der Waals surface area contributed by atoms with Crippen molar-refractivity contribution in [1.29, 1.82) is 0 Å². The topological polar surface area (TPSA) is 84.2 Å². The first kappa shape index (κ1) is 23.2. The molecule has 0 bridgehead atoms. The first-order valence-corrected chi connectivity index (χ1v) is 11.9. The molecule has 1 amide bonds. The lowest BCUT2D eigenvalue weighted by Gasteiger charge is -2.34. The second-order valence-electron chi connectivity index (χ2n) is 8.80. The highest BCUT2D eigenvalue weighted by Gasteiger charge is 2.29. The minimum atomic E-state index is -0.261. The zero-order valence-corrected chi connectivity index (χ0v) is 20.4. The van der Waals surface area contributed by atoms with E-state index in [1.165, 1.54) is 17.5 Å². The number of oxazole rings is 1. The lowest BCUT2D eigenvalue weighted by Crippen LogP contribution is -2.40. The monoisotopic (exact) mass is 487 g/mol. The second kappa shape index (κ2) is 9.98.